The number of carbonyl (C=O) groups is 2. The van der Waals surface area contributed by atoms with Gasteiger partial charge in [0.05, 0.1) is 18.7 Å². The maximum Gasteiger partial charge on any atom is 0.295 e. The van der Waals surface area contributed by atoms with Gasteiger partial charge in [0.2, 0.25) is 0 Å². The number of carbonyl (C=O) groups excluding carboxylic acids is 2. The van der Waals surface area contributed by atoms with E-state index in [9.17, 15) is 14.7 Å². The number of ketones is 1. The maximum atomic E-state index is 13.1. The van der Waals surface area contributed by atoms with Crippen LogP contribution in [0.25, 0.3) is 5.76 Å². The van der Waals surface area contributed by atoms with Crippen LogP contribution in [0.4, 0.5) is 0 Å². The summed E-state index contributed by atoms with van der Waals surface area (Å²) in [6, 6.07) is 23.2. The Morgan fingerprint density at radius 1 is 0.935 bits per heavy atom. The summed E-state index contributed by atoms with van der Waals surface area (Å²) in [6.45, 7) is 2.20. The SMILES string of the molecule is COc1ccc(C2C(=C(O)c3ccc(C)cc3)C(=O)C(=O)N2Cc2ccccc2)cc1. The van der Waals surface area contributed by atoms with Gasteiger partial charge in [0.15, 0.2) is 0 Å². The molecule has 1 N–H and O–H groups in total. The fourth-order valence-corrected chi connectivity index (χ4v) is 3.82. The first-order valence-electron chi connectivity index (χ1n) is 10.0. The summed E-state index contributed by atoms with van der Waals surface area (Å²) in [6.07, 6.45) is 0. The largest absolute Gasteiger partial charge is 0.507 e. The molecule has 1 aliphatic heterocycles. The maximum absolute atomic E-state index is 13.1. The summed E-state index contributed by atoms with van der Waals surface area (Å²) in [5.41, 5.74) is 3.26. The molecule has 1 unspecified atom stereocenters. The minimum Gasteiger partial charge on any atom is -0.507 e. The van der Waals surface area contributed by atoms with Crippen molar-refractivity contribution in [1.29, 1.82) is 0 Å². The molecule has 4 rings (SSSR count). The second-order valence-corrected chi connectivity index (χ2v) is 7.55. The number of ether oxygens (including phenoxy) is 1. The van der Waals surface area contributed by atoms with Crippen molar-refractivity contribution < 1.29 is 19.4 Å². The first kappa shape index (κ1) is 20.4. The molecule has 0 aromatic heterocycles. The van der Waals surface area contributed by atoms with Gasteiger partial charge in [-0.2, -0.15) is 0 Å². The monoisotopic (exact) mass is 413 g/mol. The Hall–Kier alpha value is -3.86. The van der Waals surface area contributed by atoms with E-state index in [2.05, 4.69) is 0 Å². The summed E-state index contributed by atoms with van der Waals surface area (Å²) in [5.74, 6) is -0.815. The topological polar surface area (TPSA) is 66.8 Å². The predicted octanol–water partition coefficient (Wildman–Crippen LogP) is 4.63. The second kappa shape index (κ2) is 8.48. The number of aliphatic hydroxyl groups is 1. The summed E-state index contributed by atoms with van der Waals surface area (Å²) >= 11 is 0. The van der Waals surface area contributed by atoms with E-state index in [4.69, 9.17) is 4.74 Å². The van der Waals surface area contributed by atoms with Crippen molar-refractivity contribution in [2.75, 3.05) is 7.11 Å². The molecule has 5 heteroatoms. The fourth-order valence-electron chi connectivity index (χ4n) is 3.82. The van der Waals surface area contributed by atoms with Gasteiger partial charge in [-0.05, 0) is 30.2 Å². The van der Waals surface area contributed by atoms with Crippen molar-refractivity contribution in [3.8, 4) is 5.75 Å². The van der Waals surface area contributed by atoms with Crippen LogP contribution in [0.15, 0.2) is 84.4 Å². The third-order valence-corrected chi connectivity index (χ3v) is 5.49. The molecular formula is C26H23NO4. The van der Waals surface area contributed by atoms with Gasteiger partial charge >= 0.3 is 0 Å². The quantitative estimate of drug-likeness (QED) is 0.376. The average Bonchev–Trinajstić information content (AvgIpc) is 3.05. The number of hydrogen-bond acceptors (Lipinski definition) is 4. The van der Waals surface area contributed by atoms with Gasteiger partial charge in [-0.1, -0.05) is 72.3 Å². The van der Waals surface area contributed by atoms with Crippen molar-refractivity contribution in [3.63, 3.8) is 0 Å². The van der Waals surface area contributed by atoms with E-state index >= 15 is 0 Å². The predicted molar refractivity (Wildman–Crippen MR) is 118 cm³/mol. The average molecular weight is 413 g/mol. The molecule has 1 aliphatic rings. The highest BCUT2D eigenvalue weighted by Crippen LogP contribution is 2.40. The van der Waals surface area contributed by atoms with Gasteiger partial charge in [-0.25, -0.2) is 0 Å². The lowest BCUT2D eigenvalue weighted by atomic mass is 9.95. The highest BCUT2D eigenvalue weighted by atomic mass is 16.5. The minimum atomic E-state index is -0.701. The molecule has 156 valence electrons. The number of nitrogens with zero attached hydrogens (tertiary/aromatic N) is 1. The van der Waals surface area contributed by atoms with E-state index in [1.165, 1.54) is 4.90 Å². The number of hydrogen-bond donors (Lipinski definition) is 1. The number of aryl methyl sites for hydroxylation is 1. The highest BCUT2D eigenvalue weighted by Gasteiger charge is 2.46. The molecule has 0 spiro atoms. The van der Waals surface area contributed by atoms with Crippen LogP contribution in [0.2, 0.25) is 0 Å². The minimum absolute atomic E-state index is 0.0925. The third-order valence-electron chi connectivity index (χ3n) is 5.49. The molecule has 0 bridgehead atoms. The zero-order valence-corrected chi connectivity index (χ0v) is 17.4. The van der Waals surface area contributed by atoms with Crippen molar-refractivity contribution >= 4 is 17.4 Å². The van der Waals surface area contributed by atoms with E-state index < -0.39 is 17.7 Å². The van der Waals surface area contributed by atoms with Gasteiger partial charge in [0.1, 0.15) is 11.5 Å². The Balaban J connectivity index is 1.85. The van der Waals surface area contributed by atoms with Crippen LogP contribution in [0, 0.1) is 6.92 Å². The van der Waals surface area contributed by atoms with Crippen LogP contribution in [0.1, 0.15) is 28.3 Å². The standard InChI is InChI=1S/C26H23NO4/c1-17-8-10-20(11-9-17)24(28)22-23(19-12-14-21(31-2)15-13-19)27(26(30)25(22)29)16-18-6-4-3-5-7-18/h3-15,23,28H,16H2,1-2H3. The van der Waals surface area contributed by atoms with Gasteiger partial charge in [0.25, 0.3) is 11.7 Å². The molecule has 0 aliphatic carbocycles. The Morgan fingerprint density at radius 2 is 1.58 bits per heavy atom. The van der Waals surface area contributed by atoms with Crippen molar-refractivity contribution in [3.05, 3.63) is 107 Å². The van der Waals surface area contributed by atoms with Crippen molar-refractivity contribution in [1.82, 2.24) is 4.90 Å². The van der Waals surface area contributed by atoms with Crippen LogP contribution in [-0.2, 0) is 16.1 Å². The molecular weight excluding hydrogens is 390 g/mol. The van der Waals surface area contributed by atoms with Gasteiger partial charge < -0.3 is 14.7 Å². The summed E-state index contributed by atoms with van der Waals surface area (Å²) in [5, 5.41) is 11.1. The van der Waals surface area contributed by atoms with Crippen LogP contribution >= 0.6 is 0 Å². The Morgan fingerprint density at radius 3 is 2.19 bits per heavy atom. The molecule has 1 heterocycles. The van der Waals surface area contributed by atoms with Crippen LogP contribution < -0.4 is 4.74 Å². The molecule has 1 fully saturated rings. The number of benzene rings is 3. The van der Waals surface area contributed by atoms with E-state index in [0.29, 0.717) is 11.3 Å². The zero-order chi connectivity index (χ0) is 22.0. The van der Waals surface area contributed by atoms with Crippen LogP contribution in [-0.4, -0.2) is 28.8 Å². The fraction of sp³-hybridized carbons (Fsp3) is 0.154. The first-order chi connectivity index (χ1) is 15.0. The molecule has 0 radical (unpaired) electrons. The molecule has 5 nitrogen and oxygen atoms in total. The summed E-state index contributed by atoms with van der Waals surface area (Å²) in [7, 11) is 1.58. The summed E-state index contributed by atoms with van der Waals surface area (Å²) < 4.78 is 5.24. The number of rotatable bonds is 5. The Kier molecular flexibility index (Phi) is 5.58. The second-order valence-electron chi connectivity index (χ2n) is 7.55. The molecule has 1 atom stereocenters. The number of aliphatic hydroxyl groups excluding tert-OH is 1. The molecule has 1 amide bonds. The number of Topliss-reactive ketones (excluding diaryl/α,β-unsaturated/α-hetero) is 1. The lowest BCUT2D eigenvalue weighted by Crippen LogP contribution is -2.29. The first-order valence-corrected chi connectivity index (χ1v) is 10.0. The molecule has 31 heavy (non-hydrogen) atoms. The molecule has 3 aromatic carbocycles. The highest BCUT2D eigenvalue weighted by molar-refractivity contribution is 6.46. The molecule has 0 saturated carbocycles. The number of amides is 1. The summed E-state index contributed by atoms with van der Waals surface area (Å²) in [4.78, 5) is 27.6. The van der Waals surface area contributed by atoms with Crippen molar-refractivity contribution in [2.45, 2.75) is 19.5 Å². The van der Waals surface area contributed by atoms with E-state index in [-0.39, 0.29) is 17.9 Å². The lowest BCUT2D eigenvalue weighted by molar-refractivity contribution is -0.140. The van der Waals surface area contributed by atoms with E-state index in [1.54, 1.807) is 31.4 Å². The smallest absolute Gasteiger partial charge is 0.295 e. The third kappa shape index (κ3) is 3.94. The van der Waals surface area contributed by atoms with Crippen molar-refractivity contribution in [2.24, 2.45) is 0 Å². The van der Waals surface area contributed by atoms with E-state index in [1.807, 2.05) is 61.5 Å². The van der Waals surface area contributed by atoms with Gasteiger partial charge in [-0.3, -0.25) is 9.59 Å². The molecule has 1 saturated heterocycles. The van der Waals surface area contributed by atoms with Gasteiger partial charge in [0, 0.05) is 12.1 Å². The normalized spacial score (nSPS) is 17.7. The van der Waals surface area contributed by atoms with Crippen LogP contribution in [0.5, 0.6) is 5.75 Å². The van der Waals surface area contributed by atoms with Gasteiger partial charge in [-0.15, -0.1) is 0 Å². The Bertz CT molecular complexity index is 1130. The van der Waals surface area contributed by atoms with Crippen LogP contribution in [0.3, 0.4) is 0 Å². The number of likely N-dealkylation sites (tertiary alicyclic amines) is 1. The molecule has 3 aromatic rings. The lowest BCUT2D eigenvalue weighted by Gasteiger charge is -2.25. The van der Waals surface area contributed by atoms with E-state index in [0.717, 1.165) is 16.7 Å². The Labute approximate surface area is 181 Å². The number of methoxy groups -OCH3 is 1. The zero-order valence-electron chi connectivity index (χ0n) is 17.4.